The lowest BCUT2D eigenvalue weighted by atomic mass is 10.0. The number of nitro benzene ring substituents is 1. The molecule has 0 spiro atoms. The fourth-order valence-corrected chi connectivity index (χ4v) is 3.09. The van der Waals surface area contributed by atoms with E-state index in [0.29, 0.717) is 5.69 Å². The van der Waals surface area contributed by atoms with Crippen LogP contribution in [0.5, 0.6) is 5.75 Å². The highest BCUT2D eigenvalue weighted by Gasteiger charge is 2.18. The Kier molecular flexibility index (Phi) is 5.19. The van der Waals surface area contributed by atoms with Gasteiger partial charge in [-0.2, -0.15) is 0 Å². The molecule has 3 rings (SSSR count). The molecular formula is C19H23N3O3. The number of hydrogen-bond acceptors (Lipinski definition) is 5. The molecule has 6 nitrogen and oxygen atoms in total. The molecule has 1 aliphatic rings. The van der Waals surface area contributed by atoms with Gasteiger partial charge < -0.3 is 15.0 Å². The molecule has 0 radical (unpaired) electrons. The largest absolute Gasteiger partial charge is 0.490 e. The van der Waals surface area contributed by atoms with Gasteiger partial charge in [0.15, 0.2) is 0 Å². The minimum atomic E-state index is -0.368. The molecule has 0 aromatic heterocycles. The minimum Gasteiger partial charge on any atom is -0.490 e. The summed E-state index contributed by atoms with van der Waals surface area (Å²) >= 11 is 0. The molecule has 6 heteroatoms. The molecule has 1 fully saturated rings. The molecule has 0 unspecified atom stereocenters. The summed E-state index contributed by atoms with van der Waals surface area (Å²) in [6.45, 7) is 2.12. The van der Waals surface area contributed by atoms with Crippen LogP contribution in [-0.2, 0) is 0 Å². The first-order valence-electron chi connectivity index (χ1n) is 8.48. The fourth-order valence-electron chi connectivity index (χ4n) is 3.09. The first-order chi connectivity index (χ1) is 12.1. The van der Waals surface area contributed by atoms with E-state index in [4.69, 9.17) is 4.74 Å². The highest BCUT2D eigenvalue weighted by molar-refractivity contribution is 5.73. The summed E-state index contributed by atoms with van der Waals surface area (Å²) in [5, 5.41) is 14.1. The summed E-state index contributed by atoms with van der Waals surface area (Å²) in [5.74, 6) is 0.847. The van der Waals surface area contributed by atoms with Crippen molar-refractivity contribution in [3.05, 3.63) is 52.6 Å². The number of hydrogen-bond donors (Lipinski definition) is 1. The molecule has 2 aromatic rings. The van der Waals surface area contributed by atoms with Crippen LogP contribution in [0.3, 0.4) is 0 Å². The Hall–Kier alpha value is -2.60. The molecule has 1 saturated heterocycles. The standard InChI is InChI=1S/C19H23N3O3/c1-20-18-8-5-15(13-19(18)22(23)24)14-3-6-16(7-4-14)25-17-9-11-21(2)12-10-17/h3-8,13,17,20H,9-12H2,1-2H3. The Morgan fingerprint density at radius 3 is 2.36 bits per heavy atom. The van der Waals surface area contributed by atoms with E-state index in [1.807, 2.05) is 30.3 Å². The molecule has 1 heterocycles. The number of piperidine rings is 1. The first-order valence-corrected chi connectivity index (χ1v) is 8.48. The summed E-state index contributed by atoms with van der Waals surface area (Å²) in [4.78, 5) is 13.1. The number of likely N-dealkylation sites (tertiary alicyclic amines) is 1. The maximum absolute atomic E-state index is 11.2. The molecule has 0 saturated carbocycles. The SMILES string of the molecule is CNc1ccc(-c2ccc(OC3CCN(C)CC3)cc2)cc1[N+](=O)[O-]. The Morgan fingerprint density at radius 2 is 1.76 bits per heavy atom. The summed E-state index contributed by atoms with van der Waals surface area (Å²) in [6.07, 6.45) is 2.34. The second kappa shape index (κ2) is 7.53. The van der Waals surface area contributed by atoms with Crippen molar-refractivity contribution in [1.82, 2.24) is 4.90 Å². The van der Waals surface area contributed by atoms with Gasteiger partial charge in [-0.3, -0.25) is 10.1 Å². The number of nitro groups is 1. The van der Waals surface area contributed by atoms with Crippen LogP contribution in [0.25, 0.3) is 11.1 Å². The number of ether oxygens (including phenoxy) is 1. The molecule has 132 valence electrons. The second-order valence-corrected chi connectivity index (χ2v) is 6.38. The zero-order valence-electron chi connectivity index (χ0n) is 14.6. The van der Waals surface area contributed by atoms with E-state index in [1.165, 1.54) is 0 Å². The summed E-state index contributed by atoms with van der Waals surface area (Å²) < 4.78 is 6.05. The Labute approximate surface area is 147 Å². The average molecular weight is 341 g/mol. The van der Waals surface area contributed by atoms with Crippen LogP contribution in [0.1, 0.15) is 12.8 Å². The lowest BCUT2D eigenvalue weighted by Gasteiger charge is -2.29. The second-order valence-electron chi connectivity index (χ2n) is 6.38. The Bertz CT molecular complexity index is 738. The number of benzene rings is 2. The predicted octanol–water partition coefficient (Wildman–Crippen LogP) is 3.78. The maximum Gasteiger partial charge on any atom is 0.292 e. The number of nitrogens with zero attached hydrogens (tertiary/aromatic N) is 2. The van der Waals surface area contributed by atoms with Crippen LogP contribution in [0.2, 0.25) is 0 Å². The number of anilines is 1. The van der Waals surface area contributed by atoms with Gasteiger partial charge in [0.05, 0.1) is 4.92 Å². The summed E-state index contributed by atoms with van der Waals surface area (Å²) in [6, 6.07) is 13.0. The zero-order chi connectivity index (χ0) is 17.8. The van der Waals surface area contributed by atoms with Gasteiger partial charge in [0.2, 0.25) is 0 Å². The van der Waals surface area contributed by atoms with Crippen molar-refractivity contribution in [2.75, 3.05) is 32.5 Å². The molecule has 0 amide bonds. The van der Waals surface area contributed by atoms with Crippen LogP contribution in [0.4, 0.5) is 11.4 Å². The van der Waals surface area contributed by atoms with Crippen LogP contribution in [0.15, 0.2) is 42.5 Å². The smallest absolute Gasteiger partial charge is 0.292 e. The van der Waals surface area contributed by atoms with E-state index in [2.05, 4.69) is 17.3 Å². The summed E-state index contributed by atoms with van der Waals surface area (Å²) in [7, 11) is 3.81. The quantitative estimate of drug-likeness (QED) is 0.662. The van der Waals surface area contributed by atoms with Crippen LogP contribution in [-0.4, -0.2) is 43.1 Å². The lowest BCUT2D eigenvalue weighted by molar-refractivity contribution is -0.383. The Morgan fingerprint density at radius 1 is 1.12 bits per heavy atom. The van der Waals surface area contributed by atoms with Gasteiger partial charge in [-0.05, 0) is 49.2 Å². The van der Waals surface area contributed by atoms with E-state index < -0.39 is 0 Å². The minimum absolute atomic E-state index is 0.0756. The third kappa shape index (κ3) is 4.09. The molecule has 0 atom stereocenters. The van der Waals surface area contributed by atoms with Gasteiger partial charge in [0.25, 0.3) is 5.69 Å². The third-order valence-corrected chi connectivity index (χ3v) is 4.62. The maximum atomic E-state index is 11.2. The molecule has 1 aliphatic heterocycles. The van der Waals surface area contributed by atoms with Crippen molar-refractivity contribution in [3.8, 4) is 16.9 Å². The number of rotatable bonds is 5. The van der Waals surface area contributed by atoms with Gasteiger partial charge in [-0.15, -0.1) is 0 Å². The molecular weight excluding hydrogens is 318 g/mol. The van der Waals surface area contributed by atoms with Crippen molar-refractivity contribution in [2.24, 2.45) is 0 Å². The average Bonchev–Trinajstić information content (AvgIpc) is 2.63. The lowest BCUT2D eigenvalue weighted by Crippen LogP contribution is -2.35. The molecule has 0 aliphatic carbocycles. The topological polar surface area (TPSA) is 67.6 Å². The van der Waals surface area contributed by atoms with Gasteiger partial charge >= 0.3 is 0 Å². The van der Waals surface area contributed by atoms with Gasteiger partial charge in [0, 0.05) is 26.2 Å². The van der Waals surface area contributed by atoms with Crippen molar-refractivity contribution >= 4 is 11.4 Å². The van der Waals surface area contributed by atoms with Gasteiger partial charge in [-0.1, -0.05) is 18.2 Å². The van der Waals surface area contributed by atoms with Crippen molar-refractivity contribution in [2.45, 2.75) is 18.9 Å². The molecule has 2 aromatic carbocycles. The normalized spacial score (nSPS) is 15.8. The van der Waals surface area contributed by atoms with E-state index >= 15 is 0 Å². The third-order valence-electron chi connectivity index (χ3n) is 4.62. The van der Waals surface area contributed by atoms with E-state index in [1.54, 1.807) is 19.2 Å². The highest BCUT2D eigenvalue weighted by Crippen LogP contribution is 2.31. The van der Waals surface area contributed by atoms with E-state index in [0.717, 1.165) is 42.8 Å². The van der Waals surface area contributed by atoms with Crippen LogP contribution >= 0.6 is 0 Å². The zero-order valence-corrected chi connectivity index (χ0v) is 14.6. The summed E-state index contributed by atoms with van der Waals surface area (Å²) in [5.41, 5.74) is 2.33. The van der Waals surface area contributed by atoms with Crippen LogP contribution in [0, 0.1) is 10.1 Å². The predicted molar refractivity (Wildman–Crippen MR) is 99.2 cm³/mol. The molecule has 1 N–H and O–H groups in total. The van der Waals surface area contributed by atoms with Gasteiger partial charge in [-0.25, -0.2) is 0 Å². The van der Waals surface area contributed by atoms with Crippen molar-refractivity contribution < 1.29 is 9.66 Å². The van der Waals surface area contributed by atoms with E-state index in [9.17, 15) is 10.1 Å². The highest BCUT2D eigenvalue weighted by atomic mass is 16.6. The van der Waals surface area contributed by atoms with E-state index in [-0.39, 0.29) is 16.7 Å². The van der Waals surface area contributed by atoms with Crippen molar-refractivity contribution in [1.29, 1.82) is 0 Å². The molecule has 25 heavy (non-hydrogen) atoms. The Balaban J connectivity index is 1.74. The monoisotopic (exact) mass is 341 g/mol. The van der Waals surface area contributed by atoms with Crippen molar-refractivity contribution in [3.63, 3.8) is 0 Å². The van der Waals surface area contributed by atoms with Crippen LogP contribution < -0.4 is 10.1 Å². The number of nitrogens with one attached hydrogen (secondary N) is 1. The van der Waals surface area contributed by atoms with Gasteiger partial charge in [0.1, 0.15) is 17.5 Å². The molecule has 0 bridgehead atoms. The first kappa shape index (κ1) is 17.2. The fraction of sp³-hybridized carbons (Fsp3) is 0.368.